The summed E-state index contributed by atoms with van der Waals surface area (Å²) >= 11 is 0. The van der Waals surface area contributed by atoms with E-state index in [1.807, 2.05) is 22.8 Å². The fourth-order valence-corrected chi connectivity index (χ4v) is 5.04. The van der Waals surface area contributed by atoms with Crippen LogP contribution in [0, 0.1) is 0 Å². The van der Waals surface area contributed by atoms with E-state index in [4.69, 9.17) is 19.5 Å². The SMILES string of the molecule is c1ccc(N2CCN(Cc3cnc(NCCN4CCCC4)n4nc(-c5ccco5)nc34)CC2)cc1. The number of nitrogens with zero attached hydrogens (tertiary/aromatic N) is 7. The van der Waals surface area contributed by atoms with E-state index in [-0.39, 0.29) is 0 Å². The van der Waals surface area contributed by atoms with Gasteiger partial charge in [0.15, 0.2) is 11.4 Å². The van der Waals surface area contributed by atoms with E-state index in [2.05, 4.69) is 50.3 Å². The molecule has 0 atom stereocenters. The molecule has 6 rings (SSSR count). The summed E-state index contributed by atoms with van der Waals surface area (Å²) in [5.74, 6) is 1.97. The number of para-hydroxylation sites is 1. The van der Waals surface area contributed by atoms with Gasteiger partial charge in [-0.25, -0.2) is 9.97 Å². The van der Waals surface area contributed by atoms with Crippen LogP contribution in [0.2, 0.25) is 0 Å². The highest BCUT2D eigenvalue weighted by Crippen LogP contribution is 2.22. The third kappa shape index (κ3) is 4.87. The van der Waals surface area contributed by atoms with Crippen LogP contribution < -0.4 is 10.2 Å². The summed E-state index contributed by atoms with van der Waals surface area (Å²) < 4.78 is 7.42. The van der Waals surface area contributed by atoms with Crippen LogP contribution in [-0.4, -0.2) is 81.7 Å². The highest BCUT2D eigenvalue weighted by molar-refractivity contribution is 5.58. The average molecular weight is 473 g/mol. The lowest BCUT2D eigenvalue weighted by atomic mass is 10.2. The first-order chi connectivity index (χ1) is 17.3. The zero-order chi connectivity index (χ0) is 23.5. The molecule has 3 aromatic heterocycles. The molecule has 35 heavy (non-hydrogen) atoms. The van der Waals surface area contributed by atoms with Gasteiger partial charge in [-0.2, -0.15) is 4.52 Å². The maximum absolute atomic E-state index is 5.58. The van der Waals surface area contributed by atoms with Crippen molar-refractivity contribution in [2.24, 2.45) is 0 Å². The number of anilines is 2. The quantitative estimate of drug-likeness (QED) is 0.419. The van der Waals surface area contributed by atoms with Gasteiger partial charge in [-0.15, -0.1) is 5.10 Å². The first-order valence-electron chi connectivity index (χ1n) is 12.6. The molecular formula is C26H32N8O. The second kappa shape index (κ2) is 10.1. The van der Waals surface area contributed by atoms with E-state index in [9.17, 15) is 0 Å². The molecule has 0 bridgehead atoms. The van der Waals surface area contributed by atoms with Gasteiger partial charge in [-0.3, -0.25) is 4.90 Å². The van der Waals surface area contributed by atoms with Crippen molar-refractivity contribution in [3.8, 4) is 11.6 Å². The average Bonchev–Trinajstić information content (AvgIpc) is 3.68. The van der Waals surface area contributed by atoms with Gasteiger partial charge in [-0.05, 0) is 50.2 Å². The molecule has 9 heteroatoms. The predicted molar refractivity (Wildman–Crippen MR) is 137 cm³/mol. The summed E-state index contributed by atoms with van der Waals surface area (Å²) in [5, 5.41) is 8.24. The van der Waals surface area contributed by atoms with Crippen molar-refractivity contribution in [1.29, 1.82) is 0 Å². The molecule has 0 unspecified atom stereocenters. The molecular weight excluding hydrogens is 440 g/mol. The van der Waals surface area contributed by atoms with Crippen LogP contribution in [0.3, 0.4) is 0 Å². The Bertz CT molecular complexity index is 1230. The van der Waals surface area contributed by atoms with Gasteiger partial charge in [-0.1, -0.05) is 18.2 Å². The molecule has 0 radical (unpaired) electrons. The molecule has 4 aromatic rings. The summed E-state index contributed by atoms with van der Waals surface area (Å²) in [6, 6.07) is 14.4. The Morgan fingerprint density at radius 3 is 2.49 bits per heavy atom. The third-order valence-electron chi connectivity index (χ3n) is 6.98. The minimum atomic E-state index is 0.584. The van der Waals surface area contributed by atoms with Crippen LogP contribution in [0.25, 0.3) is 17.2 Å². The predicted octanol–water partition coefficient (Wildman–Crippen LogP) is 3.21. The Kier molecular flexibility index (Phi) is 6.34. The van der Waals surface area contributed by atoms with Gasteiger partial charge in [0.1, 0.15) is 0 Å². The van der Waals surface area contributed by atoms with Crippen molar-refractivity contribution in [3.63, 3.8) is 0 Å². The minimum absolute atomic E-state index is 0.584. The summed E-state index contributed by atoms with van der Waals surface area (Å²) in [6.45, 7) is 9.02. The molecule has 2 aliphatic rings. The monoisotopic (exact) mass is 472 g/mol. The molecule has 0 aliphatic carbocycles. The van der Waals surface area contributed by atoms with Crippen molar-refractivity contribution in [2.45, 2.75) is 19.4 Å². The lowest BCUT2D eigenvalue weighted by Gasteiger charge is -2.36. The van der Waals surface area contributed by atoms with Crippen molar-refractivity contribution in [1.82, 2.24) is 29.4 Å². The number of hydrogen-bond acceptors (Lipinski definition) is 8. The van der Waals surface area contributed by atoms with Crippen molar-refractivity contribution in [2.75, 3.05) is 62.6 Å². The molecule has 1 N–H and O–H groups in total. The first-order valence-corrected chi connectivity index (χ1v) is 12.6. The number of hydrogen-bond donors (Lipinski definition) is 1. The van der Waals surface area contributed by atoms with Crippen molar-refractivity contribution in [3.05, 3.63) is 60.5 Å². The summed E-state index contributed by atoms with van der Waals surface area (Å²) in [5.41, 5.74) is 3.20. The van der Waals surface area contributed by atoms with E-state index in [1.54, 1.807) is 6.26 Å². The normalized spacial score (nSPS) is 17.4. The molecule has 182 valence electrons. The van der Waals surface area contributed by atoms with Gasteiger partial charge in [0.05, 0.1) is 6.26 Å². The van der Waals surface area contributed by atoms with E-state index < -0.39 is 0 Å². The number of aromatic nitrogens is 4. The molecule has 0 spiro atoms. The number of likely N-dealkylation sites (tertiary alicyclic amines) is 1. The van der Waals surface area contributed by atoms with Crippen molar-refractivity contribution >= 4 is 17.3 Å². The van der Waals surface area contributed by atoms with Gasteiger partial charge in [0.2, 0.25) is 11.8 Å². The second-order valence-corrected chi connectivity index (χ2v) is 9.33. The smallest absolute Gasteiger partial charge is 0.225 e. The van der Waals surface area contributed by atoms with Gasteiger partial charge < -0.3 is 19.5 Å². The minimum Gasteiger partial charge on any atom is -0.461 e. The van der Waals surface area contributed by atoms with Gasteiger partial charge in [0, 0.05) is 63.3 Å². The molecule has 2 aliphatic heterocycles. The Labute approximate surface area is 205 Å². The second-order valence-electron chi connectivity index (χ2n) is 9.33. The maximum atomic E-state index is 5.58. The lowest BCUT2D eigenvalue weighted by Crippen LogP contribution is -2.46. The topological polar surface area (TPSA) is 78.0 Å². The number of rotatable bonds is 8. The van der Waals surface area contributed by atoms with E-state index in [1.165, 1.54) is 31.6 Å². The molecule has 0 saturated carbocycles. The summed E-state index contributed by atoms with van der Waals surface area (Å²) in [6.07, 6.45) is 6.21. The Hall–Kier alpha value is -3.43. The summed E-state index contributed by atoms with van der Waals surface area (Å²) in [4.78, 5) is 17.0. The number of benzene rings is 1. The molecule has 2 saturated heterocycles. The highest BCUT2D eigenvalue weighted by Gasteiger charge is 2.21. The molecule has 9 nitrogen and oxygen atoms in total. The molecule has 5 heterocycles. The molecule has 2 fully saturated rings. The number of piperazine rings is 1. The Morgan fingerprint density at radius 1 is 0.886 bits per heavy atom. The van der Waals surface area contributed by atoms with Crippen LogP contribution in [-0.2, 0) is 6.54 Å². The fourth-order valence-electron chi connectivity index (χ4n) is 5.04. The van der Waals surface area contributed by atoms with Crippen LogP contribution in [0.15, 0.2) is 59.3 Å². The Morgan fingerprint density at radius 2 is 1.71 bits per heavy atom. The fraction of sp³-hybridized carbons (Fsp3) is 0.423. The van der Waals surface area contributed by atoms with Gasteiger partial charge in [0.25, 0.3) is 0 Å². The van der Waals surface area contributed by atoms with Crippen LogP contribution >= 0.6 is 0 Å². The van der Waals surface area contributed by atoms with E-state index in [0.717, 1.165) is 63.0 Å². The zero-order valence-corrected chi connectivity index (χ0v) is 20.0. The van der Waals surface area contributed by atoms with E-state index in [0.29, 0.717) is 11.6 Å². The number of nitrogens with one attached hydrogen (secondary N) is 1. The molecule has 1 aromatic carbocycles. The largest absolute Gasteiger partial charge is 0.461 e. The lowest BCUT2D eigenvalue weighted by molar-refractivity contribution is 0.250. The standard InChI is InChI=1S/C26H32N8O/c1-2-7-22(8-3-1)33-16-14-32(15-17-33)20-21-19-28-26(27-10-13-31-11-4-5-12-31)34-25(21)29-24(30-34)23-9-6-18-35-23/h1-3,6-9,18-19H,4-5,10-17,20H2,(H,27,28). The highest BCUT2D eigenvalue weighted by atomic mass is 16.3. The van der Waals surface area contributed by atoms with Crippen LogP contribution in [0.5, 0.6) is 0 Å². The maximum Gasteiger partial charge on any atom is 0.225 e. The zero-order valence-electron chi connectivity index (χ0n) is 20.0. The summed E-state index contributed by atoms with van der Waals surface area (Å²) in [7, 11) is 0. The number of furan rings is 1. The third-order valence-corrected chi connectivity index (χ3v) is 6.98. The van der Waals surface area contributed by atoms with Crippen molar-refractivity contribution < 1.29 is 4.42 Å². The van der Waals surface area contributed by atoms with E-state index >= 15 is 0 Å². The van der Waals surface area contributed by atoms with Gasteiger partial charge >= 0.3 is 0 Å². The molecule has 0 amide bonds. The van der Waals surface area contributed by atoms with Crippen LogP contribution in [0.1, 0.15) is 18.4 Å². The first kappa shape index (κ1) is 22.1. The van der Waals surface area contributed by atoms with Crippen LogP contribution in [0.4, 0.5) is 11.6 Å². The Balaban J connectivity index is 1.19. The number of fused-ring (bicyclic) bond motifs is 1.